The third-order valence-electron chi connectivity index (χ3n) is 8.06. The number of amides is 2. The lowest BCUT2D eigenvalue weighted by Gasteiger charge is -2.41. The van der Waals surface area contributed by atoms with Gasteiger partial charge in [-0.2, -0.15) is 5.26 Å². The molecule has 1 aromatic carbocycles. The molecule has 3 fully saturated rings. The summed E-state index contributed by atoms with van der Waals surface area (Å²) in [6.45, 7) is 4.74. The van der Waals surface area contributed by atoms with Crippen LogP contribution in [0.4, 0.5) is 0 Å². The van der Waals surface area contributed by atoms with E-state index in [4.69, 9.17) is 10.00 Å². The van der Waals surface area contributed by atoms with Gasteiger partial charge in [0.2, 0.25) is 5.91 Å². The van der Waals surface area contributed by atoms with Gasteiger partial charge in [0, 0.05) is 31.0 Å². The number of nitrogens with one attached hydrogen (secondary N) is 1. The molecule has 0 aromatic heterocycles. The number of carbonyl (C=O) groups excluding carboxylic acids is 3. The molecule has 192 valence electrons. The molecular weight excluding hydrogens is 456 g/mol. The quantitative estimate of drug-likeness (QED) is 0.440. The number of aliphatic imine (C=N–C) groups is 1. The number of hydrogen-bond acceptors (Lipinski definition) is 7. The molecule has 4 rings (SSSR count). The Morgan fingerprint density at radius 3 is 2.56 bits per heavy atom. The number of piperidine rings is 2. The highest BCUT2D eigenvalue weighted by Crippen LogP contribution is 2.41. The fourth-order valence-corrected chi connectivity index (χ4v) is 6.02. The number of ketones is 1. The predicted octanol–water partition coefficient (Wildman–Crippen LogP) is 3.30. The van der Waals surface area contributed by atoms with E-state index in [0.717, 1.165) is 57.5 Å². The van der Waals surface area contributed by atoms with Gasteiger partial charge < -0.3 is 4.74 Å². The summed E-state index contributed by atoms with van der Waals surface area (Å²) in [5, 5.41) is 11.0. The standard InChI is InChI=1S/C28H36N4O4/c1-19(33)25-7-4-22(16-23(25)17-30-26-8-9-27(34)31-28(26)35)21-10-13-32(14-11-21)18-20-2-5-24(6-3-20)36-15-12-29/h2-3,5-6,17,21-23,25-26H,4,7-11,13-16,18H2,1H3,(H,31,34,35). The Labute approximate surface area is 213 Å². The molecule has 1 aromatic rings. The number of nitrogens with zero attached hydrogens (tertiary/aromatic N) is 3. The maximum absolute atomic E-state index is 12.3. The number of carbonyl (C=O) groups is 3. The number of ether oxygens (including phenoxy) is 1. The molecule has 1 N–H and O–H groups in total. The third kappa shape index (κ3) is 6.79. The Morgan fingerprint density at radius 2 is 1.89 bits per heavy atom. The van der Waals surface area contributed by atoms with Crippen LogP contribution in [0.3, 0.4) is 0 Å². The van der Waals surface area contributed by atoms with E-state index in [2.05, 4.69) is 27.3 Å². The molecule has 2 amide bonds. The van der Waals surface area contributed by atoms with Crippen molar-refractivity contribution in [3.63, 3.8) is 0 Å². The van der Waals surface area contributed by atoms with Crippen LogP contribution in [0.1, 0.15) is 57.4 Å². The molecule has 8 heteroatoms. The van der Waals surface area contributed by atoms with Crippen LogP contribution in [0.15, 0.2) is 29.3 Å². The lowest BCUT2D eigenvalue weighted by molar-refractivity contribution is -0.134. The van der Waals surface area contributed by atoms with Crippen LogP contribution in [0.5, 0.6) is 5.75 Å². The Bertz CT molecular complexity index is 1010. The SMILES string of the molecule is CC(=O)C1CCC(C2CCN(Cc3ccc(OCC#N)cc3)CC2)CC1C=NC1CCC(=O)NC1=O. The van der Waals surface area contributed by atoms with Crippen LogP contribution >= 0.6 is 0 Å². The van der Waals surface area contributed by atoms with E-state index in [1.54, 1.807) is 6.92 Å². The van der Waals surface area contributed by atoms with Gasteiger partial charge in [-0.1, -0.05) is 12.1 Å². The average molecular weight is 493 g/mol. The summed E-state index contributed by atoms with van der Waals surface area (Å²) >= 11 is 0. The third-order valence-corrected chi connectivity index (χ3v) is 8.06. The number of imide groups is 1. The fourth-order valence-electron chi connectivity index (χ4n) is 6.02. The summed E-state index contributed by atoms with van der Waals surface area (Å²) in [5.74, 6) is 1.59. The highest BCUT2D eigenvalue weighted by Gasteiger charge is 2.37. The van der Waals surface area contributed by atoms with Crippen molar-refractivity contribution >= 4 is 23.8 Å². The fraction of sp³-hybridized carbons (Fsp3) is 0.607. The Hall–Kier alpha value is -3.05. The molecule has 0 radical (unpaired) electrons. The average Bonchev–Trinajstić information content (AvgIpc) is 2.88. The highest BCUT2D eigenvalue weighted by atomic mass is 16.5. The first-order valence-electron chi connectivity index (χ1n) is 13.1. The predicted molar refractivity (Wildman–Crippen MR) is 135 cm³/mol. The van der Waals surface area contributed by atoms with Crippen LogP contribution in [-0.4, -0.2) is 54.5 Å². The molecule has 36 heavy (non-hydrogen) atoms. The van der Waals surface area contributed by atoms with Crippen LogP contribution < -0.4 is 10.1 Å². The normalized spacial score (nSPS) is 28.0. The van der Waals surface area contributed by atoms with Crippen molar-refractivity contribution in [3.8, 4) is 11.8 Å². The summed E-state index contributed by atoms with van der Waals surface area (Å²) in [7, 11) is 0. The summed E-state index contributed by atoms with van der Waals surface area (Å²) in [6.07, 6.45) is 7.80. The summed E-state index contributed by atoms with van der Waals surface area (Å²) < 4.78 is 5.34. The molecule has 3 aliphatic rings. The highest BCUT2D eigenvalue weighted by molar-refractivity contribution is 6.00. The van der Waals surface area contributed by atoms with Crippen LogP contribution in [0.2, 0.25) is 0 Å². The van der Waals surface area contributed by atoms with E-state index in [1.165, 1.54) is 5.56 Å². The number of Topliss-reactive ketones (excluding diaryl/α,β-unsaturated/α-hetero) is 1. The largest absolute Gasteiger partial charge is 0.479 e. The van der Waals surface area contributed by atoms with Gasteiger partial charge in [-0.3, -0.25) is 29.6 Å². The van der Waals surface area contributed by atoms with Gasteiger partial charge in [0.15, 0.2) is 6.61 Å². The van der Waals surface area contributed by atoms with Crippen molar-refractivity contribution in [2.75, 3.05) is 19.7 Å². The van der Waals surface area contributed by atoms with Gasteiger partial charge in [-0.05, 0) is 88.1 Å². The molecular formula is C28H36N4O4. The van der Waals surface area contributed by atoms with Gasteiger partial charge in [-0.15, -0.1) is 0 Å². The summed E-state index contributed by atoms with van der Waals surface area (Å²) in [4.78, 5) is 42.9. The molecule has 4 atom stereocenters. The monoisotopic (exact) mass is 492 g/mol. The van der Waals surface area contributed by atoms with Crippen molar-refractivity contribution in [1.29, 1.82) is 5.26 Å². The molecule has 1 saturated carbocycles. The Kier molecular flexibility index (Phi) is 8.87. The van der Waals surface area contributed by atoms with E-state index in [9.17, 15) is 14.4 Å². The van der Waals surface area contributed by atoms with Gasteiger partial charge >= 0.3 is 0 Å². The molecule has 4 unspecified atom stereocenters. The van der Waals surface area contributed by atoms with Crippen molar-refractivity contribution in [1.82, 2.24) is 10.2 Å². The first kappa shape index (κ1) is 26.0. The van der Waals surface area contributed by atoms with Gasteiger partial charge in [0.25, 0.3) is 5.91 Å². The minimum atomic E-state index is -0.522. The molecule has 2 saturated heterocycles. The molecule has 2 heterocycles. The van der Waals surface area contributed by atoms with Gasteiger partial charge in [-0.25, -0.2) is 0 Å². The molecule has 0 bridgehead atoms. The lowest BCUT2D eigenvalue weighted by Crippen LogP contribution is -2.43. The maximum atomic E-state index is 12.3. The van der Waals surface area contributed by atoms with E-state index in [0.29, 0.717) is 24.7 Å². The van der Waals surface area contributed by atoms with E-state index in [-0.39, 0.29) is 36.0 Å². The number of hydrogen-bond donors (Lipinski definition) is 1. The zero-order valence-electron chi connectivity index (χ0n) is 21.0. The first-order valence-corrected chi connectivity index (χ1v) is 13.1. The van der Waals surface area contributed by atoms with E-state index >= 15 is 0 Å². The van der Waals surface area contributed by atoms with Crippen molar-refractivity contribution in [2.45, 2.75) is 64.5 Å². The van der Waals surface area contributed by atoms with E-state index < -0.39 is 6.04 Å². The topological polar surface area (TPSA) is 112 Å². The van der Waals surface area contributed by atoms with Crippen molar-refractivity contribution < 1.29 is 19.1 Å². The zero-order valence-corrected chi connectivity index (χ0v) is 21.0. The molecule has 8 nitrogen and oxygen atoms in total. The van der Waals surface area contributed by atoms with Crippen LogP contribution in [0.25, 0.3) is 0 Å². The Balaban J connectivity index is 1.29. The zero-order chi connectivity index (χ0) is 25.5. The van der Waals surface area contributed by atoms with Crippen LogP contribution in [-0.2, 0) is 20.9 Å². The molecule has 0 spiro atoms. The summed E-state index contributed by atoms with van der Waals surface area (Å²) in [5.41, 5.74) is 1.24. The molecule has 2 aliphatic heterocycles. The lowest BCUT2D eigenvalue weighted by atomic mass is 9.67. The van der Waals surface area contributed by atoms with Gasteiger partial charge in [0.05, 0.1) is 0 Å². The van der Waals surface area contributed by atoms with Crippen LogP contribution in [0, 0.1) is 35.0 Å². The number of benzene rings is 1. The number of rotatable bonds is 8. The Morgan fingerprint density at radius 1 is 1.14 bits per heavy atom. The first-order chi connectivity index (χ1) is 17.4. The van der Waals surface area contributed by atoms with Crippen molar-refractivity contribution in [2.24, 2.45) is 28.7 Å². The second kappa shape index (κ2) is 12.3. The van der Waals surface area contributed by atoms with E-state index in [1.807, 2.05) is 24.4 Å². The number of likely N-dealkylation sites (tertiary alicyclic amines) is 1. The second-order valence-electron chi connectivity index (χ2n) is 10.4. The number of nitriles is 1. The smallest absolute Gasteiger partial charge is 0.251 e. The maximum Gasteiger partial charge on any atom is 0.251 e. The minimum absolute atomic E-state index is 0.0292. The van der Waals surface area contributed by atoms with Gasteiger partial charge in [0.1, 0.15) is 23.6 Å². The molecule has 1 aliphatic carbocycles. The minimum Gasteiger partial charge on any atom is -0.479 e. The summed E-state index contributed by atoms with van der Waals surface area (Å²) in [6, 6.07) is 9.43. The second-order valence-corrected chi connectivity index (χ2v) is 10.4. The van der Waals surface area contributed by atoms with Crippen molar-refractivity contribution in [3.05, 3.63) is 29.8 Å².